The highest BCUT2D eigenvalue weighted by Crippen LogP contribution is 2.31. The van der Waals surface area contributed by atoms with Crippen LogP contribution >= 0.6 is 0 Å². The van der Waals surface area contributed by atoms with Crippen molar-refractivity contribution >= 4 is 5.91 Å². The molecule has 0 aliphatic carbocycles. The number of hydrogen-bond acceptors (Lipinski definition) is 6. The minimum Gasteiger partial charge on any atom is -0.496 e. The van der Waals surface area contributed by atoms with Gasteiger partial charge < -0.3 is 14.2 Å². The Kier molecular flexibility index (Phi) is 4.62. The molecule has 1 fully saturated rings. The topological polar surface area (TPSA) is 86.3 Å². The standard InChI is InChI=1S/C19H21N5O3/c1-23-15(9-10-20-23)19(25)24-11-5-6-13(12-24)17-21-18(27-22-17)14-7-3-4-8-16(14)26-2/h3-4,7-10,13H,5-6,11-12H2,1-2H3/t13-/m1/s1. The first kappa shape index (κ1) is 17.3. The van der Waals surface area contributed by atoms with E-state index in [1.165, 1.54) is 0 Å². The maximum atomic E-state index is 12.8. The molecular weight excluding hydrogens is 346 g/mol. The van der Waals surface area contributed by atoms with Crippen molar-refractivity contribution in [3.63, 3.8) is 0 Å². The van der Waals surface area contributed by atoms with Crippen LogP contribution in [-0.2, 0) is 7.05 Å². The van der Waals surface area contributed by atoms with Gasteiger partial charge in [0.25, 0.3) is 11.8 Å². The SMILES string of the molecule is COc1ccccc1-c1nc([C@@H]2CCCN(C(=O)c3ccnn3C)C2)no1. The van der Waals surface area contributed by atoms with Gasteiger partial charge in [0.05, 0.1) is 12.7 Å². The lowest BCUT2D eigenvalue weighted by atomic mass is 9.97. The highest BCUT2D eigenvalue weighted by molar-refractivity contribution is 5.92. The number of likely N-dealkylation sites (tertiary alicyclic amines) is 1. The summed E-state index contributed by atoms with van der Waals surface area (Å²) >= 11 is 0. The fourth-order valence-electron chi connectivity index (χ4n) is 3.45. The lowest BCUT2D eigenvalue weighted by Gasteiger charge is -2.31. The highest BCUT2D eigenvalue weighted by Gasteiger charge is 2.30. The van der Waals surface area contributed by atoms with Crippen molar-refractivity contribution in [3.05, 3.63) is 48.0 Å². The second-order valence-corrected chi connectivity index (χ2v) is 6.59. The molecule has 0 spiro atoms. The van der Waals surface area contributed by atoms with E-state index in [-0.39, 0.29) is 11.8 Å². The monoisotopic (exact) mass is 367 g/mol. The number of carbonyl (C=O) groups is 1. The summed E-state index contributed by atoms with van der Waals surface area (Å²) in [4.78, 5) is 19.2. The van der Waals surface area contributed by atoms with Crippen LogP contribution in [0.4, 0.5) is 0 Å². The average Bonchev–Trinajstić information content (AvgIpc) is 3.37. The molecule has 4 rings (SSSR count). The number of para-hydroxylation sites is 1. The summed E-state index contributed by atoms with van der Waals surface area (Å²) in [6.45, 7) is 1.28. The smallest absolute Gasteiger partial charge is 0.272 e. The number of carbonyl (C=O) groups excluding carboxylic acids is 1. The van der Waals surface area contributed by atoms with E-state index in [0.29, 0.717) is 29.7 Å². The van der Waals surface area contributed by atoms with Crippen LogP contribution in [-0.4, -0.2) is 50.9 Å². The molecule has 1 saturated heterocycles. The summed E-state index contributed by atoms with van der Waals surface area (Å²) in [5.74, 6) is 1.76. The van der Waals surface area contributed by atoms with Crippen molar-refractivity contribution in [1.82, 2.24) is 24.8 Å². The second kappa shape index (κ2) is 7.22. The van der Waals surface area contributed by atoms with Crippen LogP contribution in [0.5, 0.6) is 5.75 Å². The van der Waals surface area contributed by atoms with Crippen molar-refractivity contribution in [2.75, 3.05) is 20.2 Å². The summed E-state index contributed by atoms with van der Waals surface area (Å²) in [5, 5.41) is 8.25. The molecule has 1 aromatic carbocycles. The molecule has 1 aliphatic heterocycles. The normalized spacial score (nSPS) is 17.1. The van der Waals surface area contributed by atoms with E-state index in [1.807, 2.05) is 29.2 Å². The van der Waals surface area contributed by atoms with E-state index in [0.717, 1.165) is 24.9 Å². The van der Waals surface area contributed by atoms with Crippen molar-refractivity contribution in [2.45, 2.75) is 18.8 Å². The molecule has 0 radical (unpaired) electrons. The third-order valence-electron chi connectivity index (χ3n) is 4.89. The van der Waals surface area contributed by atoms with Crippen molar-refractivity contribution in [1.29, 1.82) is 0 Å². The van der Waals surface area contributed by atoms with Gasteiger partial charge >= 0.3 is 0 Å². The first-order valence-electron chi connectivity index (χ1n) is 8.91. The summed E-state index contributed by atoms with van der Waals surface area (Å²) in [7, 11) is 3.38. The molecule has 1 atom stereocenters. The van der Waals surface area contributed by atoms with Gasteiger partial charge in [-0.05, 0) is 31.0 Å². The predicted octanol–water partition coefficient (Wildman–Crippen LogP) is 2.50. The van der Waals surface area contributed by atoms with Gasteiger partial charge in [-0.3, -0.25) is 9.48 Å². The third kappa shape index (κ3) is 3.30. The average molecular weight is 367 g/mol. The van der Waals surface area contributed by atoms with Crippen molar-refractivity contribution < 1.29 is 14.1 Å². The molecule has 0 saturated carbocycles. The maximum Gasteiger partial charge on any atom is 0.272 e. The molecule has 0 unspecified atom stereocenters. The lowest BCUT2D eigenvalue weighted by Crippen LogP contribution is -2.40. The Morgan fingerprint density at radius 2 is 2.15 bits per heavy atom. The Bertz CT molecular complexity index is 948. The van der Waals surface area contributed by atoms with Gasteiger partial charge in [-0.15, -0.1) is 0 Å². The van der Waals surface area contributed by atoms with Gasteiger partial charge in [0, 0.05) is 32.3 Å². The zero-order valence-corrected chi connectivity index (χ0v) is 15.3. The number of methoxy groups -OCH3 is 1. The molecule has 1 aliphatic rings. The summed E-state index contributed by atoms with van der Waals surface area (Å²) in [6.07, 6.45) is 3.44. The molecule has 1 amide bonds. The van der Waals surface area contributed by atoms with Gasteiger partial charge in [-0.1, -0.05) is 17.3 Å². The number of piperidine rings is 1. The number of amides is 1. The number of rotatable bonds is 4. The Morgan fingerprint density at radius 1 is 1.30 bits per heavy atom. The molecule has 2 aromatic heterocycles. The largest absolute Gasteiger partial charge is 0.496 e. The predicted molar refractivity (Wildman–Crippen MR) is 97.4 cm³/mol. The zero-order valence-electron chi connectivity index (χ0n) is 15.3. The van der Waals surface area contributed by atoms with Crippen LogP contribution in [0.1, 0.15) is 35.1 Å². The first-order chi connectivity index (χ1) is 13.2. The molecule has 0 N–H and O–H groups in total. The van der Waals surface area contributed by atoms with Crippen LogP contribution in [0.25, 0.3) is 11.5 Å². The van der Waals surface area contributed by atoms with Crippen LogP contribution in [0.15, 0.2) is 41.1 Å². The van der Waals surface area contributed by atoms with Gasteiger partial charge in [-0.25, -0.2) is 0 Å². The third-order valence-corrected chi connectivity index (χ3v) is 4.89. The molecule has 3 heterocycles. The van der Waals surface area contributed by atoms with Crippen LogP contribution in [0.2, 0.25) is 0 Å². The van der Waals surface area contributed by atoms with Crippen LogP contribution < -0.4 is 4.74 Å². The van der Waals surface area contributed by atoms with E-state index in [1.54, 1.807) is 31.1 Å². The second-order valence-electron chi connectivity index (χ2n) is 6.59. The van der Waals surface area contributed by atoms with Gasteiger partial charge in [0.15, 0.2) is 5.82 Å². The number of aryl methyl sites for hydroxylation is 1. The quantitative estimate of drug-likeness (QED) is 0.704. The number of nitrogens with zero attached hydrogens (tertiary/aromatic N) is 5. The zero-order chi connectivity index (χ0) is 18.8. The Hall–Kier alpha value is -3.16. The van der Waals surface area contributed by atoms with E-state index in [4.69, 9.17) is 9.26 Å². The summed E-state index contributed by atoms with van der Waals surface area (Å²) in [6, 6.07) is 9.27. The Labute approximate surface area is 156 Å². The summed E-state index contributed by atoms with van der Waals surface area (Å²) < 4.78 is 12.4. The Morgan fingerprint density at radius 3 is 2.93 bits per heavy atom. The minimum absolute atomic E-state index is 0.0202. The van der Waals surface area contributed by atoms with Crippen LogP contribution in [0.3, 0.4) is 0 Å². The van der Waals surface area contributed by atoms with Crippen molar-refractivity contribution in [3.8, 4) is 17.2 Å². The molecular formula is C19H21N5O3. The van der Waals surface area contributed by atoms with Crippen LogP contribution in [0, 0.1) is 0 Å². The Balaban J connectivity index is 1.53. The molecule has 3 aromatic rings. The number of benzene rings is 1. The van der Waals surface area contributed by atoms with E-state index >= 15 is 0 Å². The van der Waals surface area contributed by atoms with Gasteiger partial charge in [-0.2, -0.15) is 10.1 Å². The first-order valence-corrected chi connectivity index (χ1v) is 8.91. The number of ether oxygens (including phenoxy) is 1. The van der Waals surface area contributed by atoms with Crippen molar-refractivity contribution in [2.24, 2.45) is 7.05 Å². The van der Waals surface area contributed by atoms with Gasteiger partial charge in [0.2, 0.25) is 0 Å². The highest BCUT2D eigenvalue weighted by atomic mass is 16.5. The number of hydrogen-bond donors (Lipinski definition) is 0. The lowest BCUT2D eigenvalue weighted by molar-refractivity contribution is 0.0692. The molecule has 8 nitrogen and oxygen atoms in total. The fourth-order valence-corrected chi connectivity index (χ4v) is 3.45. The molecule has 140 valence electrons. The minimum atomic E-state index is -0.0202. The molecule has 27 heavy (non-hydrogen) atoms. The maximum absolute atomic E-state index is 12.8. The van der Waals surface area contributed by atoms with Gasteiger partial charge in [0.1, 0.15) is 11.4 Å². The molecule has 8 heteroatoms. The van der Waals surface area contributed by atoms with E-state index in [9.17, 15) is 4.79 Å². The number of aromatic nitrogens is 4. The molecule has 0 bridgehead atoms. The van der Waals surface area contributed by atoms with E-state index < -0.39 is 0 Å². The fraction of sp³-hybridized carbons (Fsp3) is 0.368. The van der Waals surface area contributed by atoms with E-state index in [2.05, 4.69) is 15.2 Å². The summed E-state index contributed by atoms with van der Waals surface area (Å²) in [5.41, 5.74) is 1.34.